The highest BCUT2D eigenvalue weighted by Gasteiger charge is 2.00. The third-order valence-electron chi connectivity index (χ3n) is 2.25. The van der Waals surface area contributed by atoms with Crippen molar-refractivity contribution in [1.29, 1.82) is 5.26 Å². The Kier molecular flexibility index (Phi) is 2.51. The maximum absolute atomic E-state index is 8.80. The summed E-state index contributed by atoms with van der Waals surface area (Å²) in [4.78, 5) is 0. The van der Waals surface area contributed by atoms with Gasteiger partial charge in [-0.2, -0.15) is 5.26 Å². The minimum Gasteiger partial charge on any atom is -0.192 e. The van der Waals surface area contributed by atoms with E-state index >= 15 is 0 Å². The van der Waals surface area contributed by atoms with Gasteiger partial charge in [0.15, 0.2) is 0 Å². The van der Waals surface area contributed by atoms with Crippen LogP contribution in [0.2, 0.25) is 0 Å². The van der Waals surface area contributed by atoms with Crippen LogP contribution in [0.5, 0.6) is 0 Å². The van der Waals surface area contributed by atoms with Crippen LogP contribution in [0.4, 0.5) is 0 Å². The fraction of sp³-hybridized carbons (Fsp3) is 0.0833. The Bertz CT molecular complexity index is 511. The molecule has 0 aliphatic rings. The average molecular weight is 246 g/mol. The van der Waals surface area contributed by atoms with E-state index in [4.69, 9.17) is 5.26 Å². The largest absolute Gasteiger partial charge is 0.192 e. The van der Waals surface area contributed by atoms with Crippen molar-refractivity contribution in [1.82, 2.24) is 0 Å². The molecule has 0 saturated heterocycles. The fourth-order valence-electron chi connectivity index (χ4n) is 1.52. The van der Waals surface area contributed by atoms with Gasteiger partial charge in [0, 0.05) is 5.33 Å². The molecule has 0 radical (unpaired) electrons. The van der Waals surface area contributed by atoms with Gasteiger partial charge in [0.1, 0.15) is 0 Å². The highest BCUT2D eigenvalue weighted by atomic mass is 79.9. The molecular formula is C12H8BrN. The Morgan fingerprint density at radius 3 is 2.79 bits per heavy atom. The van der Waals surface area contributed by atoms with E-state index in [1.807, 2.05) is 24.3 Å². The number of rotatable bonds is 1. The second-order valence-electron chi connectivity index (χ2n) is 3.10. The normalized spacial score (nSPS) is 10.0. The summed E-state index contributed by atoms with van der Waals surface area (Å²) >= 11 is 3.44. The van der Waals surface area contributed by atoms with Crippen molar-refractivity contribution in [3.05, 3.63) is 47.5 Å². The van der Waals surface area contributed by atoms with Gasteiger partial charge in [-0.25, -0.2) is 0 Å². The Hall–Kier alpha value is -1.33. The summed E-state index contributed by atoms with van der Waals surface area (Å²) in [7, 11) is 0. The molecule has 2 aromatic rings. The Morgan fingerprint density at radius 2 is 2.07 bits per heavy atom. The smallest absolute Gasteiger partial charge is 0.0991 e. The molecule has 0 bridgehead atoms. The highest BCUT2D eigenvalue weighted by Crippen LogP contribution is 2.21. The topological polar surface area (TPSA) is 23.8 Å². The molecule has 2 heteroatoms. The summed E-state index contributed by atoms with van der Waals surface area (Å²) in [5.74, 6) is 0. The number of halogens is 1. The molecular weight excluding hydrogens is 238 g/mol. The number of nitriles is 1. The van der Waals surface area contributed by atoms with Gasteiger partial charge in [-0.1, -0.05) is 40.2 Å². The van der Waals surface area contributed by atoms with Crippen molar-refractivity contribution >= 4 is 26.7 Å². The molecule has 0 aliphatic heterocycles. The second kappa shape index (κ2) is 3.81. The first-order valence-electron chi connectivity index (χ1n) is 4.33. The van der Waals surface area contributed by atoms with Crippen LogP contribution in [-0.4, -0.2) is 0 Å². The van der Waals surface area contributed by atoms with Crippen LogP contribution in [0.1, 0.15) is 11.1 Å². The minimum atomic E-state index is 0.714. The molecule has 2 aromatic carbocycles. The van der Waals surface area contributed by atoms with Crippen molar-refractivity contribution in [2.75, 3.05) is 0 Å². The van der Waals surface area contributed by atoms with Crippen molar-refractivity contribution in [3.8, 4) is 6.07 Å². The third kappa shape index (κ3) is 1.51. The van der Waals surface area contributed by atoms with E-state index in [2.05, 4.69) is 34.1 Å². The summed E-state index contributed by atoms with van der Waals surface area (Å²) in [6, 6.07) is 14.1. The molecule has 0 heterocycles. The van der Waals surface area contributed by atoms with Gasteiger partial charge < -0.3 is 0 Å². The van der Waals surface area contributed by atoms with E-state index in [1.54, 1.807) is 0 Å². The van der Waals surface area contributed by atoms with Gasteiger partial charge >= 0.3 is 0 Å². The number of hydrogen-bond donors (Lipinski definition) is 0. The van der Waals surface area contributed by atoms with Crippen LogP contribution < -0.4 is 0 Å². The first-order chi connectivity index (χ1) is 6.85. The maximum atomic E-state index is 8.80. The van der Waals surface area contributed by atoms with Crippen LogP contribution in [0, 0.1) is 11.3 Å². The van der Waals surface area contributed by atoms with E-state index in [0.29, 0.717) is 5.56 Å². The summed E-state index contributed by atoms with van der Waals surface area (Å²) in [5.41, 5.74) is 1.94. The summed E-state index contributed by atoms with van der Waals surface area (Å²) in [5, 5.41) is 12.0. The van der Waals surface area contributed by atoms with Crippen LogP contribution in [0.3, 0.4) is 0 Å². The molecule has 14 heavy (non-hydrogen) atoms. The van der Waals surface area contributed by atoms with Gasteiger partial charge in [0.05, 0.1) is 11.6 Å². The lowest BCUT2D eigenvalue weighted by atomic mass is 10.0. The second-order valence-corrected chi connectivity index (χ2v) is 3.66. The third-order valence-corrected chi connectivity index (χ3v) is 2.85. The maximum Gasteiger partial charge on any atom is 0.0991 e. The Balaban J connectivity index is 2.78. The summed E-state index contributed by atoms with van der Waals surface area (Å²) < 4.78 is 0. The van der Waals surface area contributed by atoms with Crippen LogP contribution in [-0.2, 0) is 5.33 Å². The lowest BCUT2D eigenvalue weighted by molar-refractivity contribution is 1.47. The number of nitrogens with zero attached hydrogens (tertiary/aromatic N) is 1. The van der Waals surface area contributed by atoms with Crippen molar-refractivity contribution in [2.24, 2.45) is 0 Å². The van der Waals surface area contributed by atoms with E-state index in [-0.39, 0.29) is 0 Å². The lowest BCUT2D eigenvalue weighted by Gasteiger charge is -2.03. The first-order valence-corrected chi connectivity index (χ1v) is 5.45. The van der Waals surface area contributed by atoms with Gasteiger partial charge in [-0.3, -0.25) is 0 Å². The van der Waals surface area contributed by atoms with E-state index in [0.717, 1.165) is 10.7 Å². The minimum absolute atomic E-state index is 0.714. The van der Waals surface area contributed by atoms with Crippen molar-refractivity contribution in [2.45, 2.75) is 5.33 Å². The molecule has 1 nitrogen and oxygen atoms in total. The number of alkyl halides is 1. The zero-order valence-corrected chi connectivity index (χ0v) is 9.08. The molecule has 0 aliphatic carbocycles. The highest BCUT2D eigenvalue weighted by molar-refractivity contribution is 9.08. The monoisotopic (exact) mass is 245 g/mol. The van der Waals surface area contributed by atoms with Crippen LogP contribution in [0.25, 0.3) is 10.8 Å². The molecule has 0 fully saturated rings. The van der Waals surface area contributed by atoms with Crippen LogP contribution >= 0.6 is 15.9 Å². The lowest BCUT2D eigenvalue weighted by Crippen LogP contribution is -1.82. The number of fused-ring (bicyclic) bond motifs is 1. The molecule has 0 N–H and O–H groups in total. The fourth-order valence-corrected chi connectivity index (χ4v) is 2.01. The standard InChI is InChI=1S/C12H8BrN/c13-7-11-3-1-2-10-5-4-9(8-14)6-12(10)11/h1-6H,7H2. The predicted octanol–water partition coefficient (Wildman–Crippen LogP) is 3.61. The quantitative estimate of drug-likeness (QED) is 0.705. The number of benzene rings is 2. The number of hydrogen-bond acceptors (Lipinski definition) is 1. The van der Waals surface area contributed by atoms with Gasteiger partial charge in [0.25, 0.3) is 0 Å². The molecule has 0 amide bonds. The Morgan fingerprint density at radius 1 is 1.21 bits per heavy atom. The van der Waals surface area contributed by atoms with Gasteiger partial charge in [0.2, 0.25) is 0 Å². The summed E-state index contributed by atoms with van der Waals surface area (Å²) in [6.07, 6.45) is 0. The van der Waals surface area contributed by atoms with E-state index in [1.165, 1.54) is 10.9 Å². The zero-order chi connectivity index (χ0) is 9.97. The van der Waals surface area contributed by atoms with E-state index < -0.39 is 0 Å². The van der Waals surface area contributed by atoms with Crippen molar-refractivity contribution in [3.63, 3.8) is 0 Å². The zero-order valence-electron chi connectivity index (χ0n) is 7.50. The van der Waals surface area contributed by atoms with Gasteiger partial charge in [-0.05, 0) is 28.5 Å². The molecule has 0 spiro atoms. The molecule has 0 unspecified atom stereocenters. The summed E-state index contributed by atoms with van der Waals surface area (Å²) in [6.45, 7) is 0. The van der Waals surface area contributed by atoms with Gasteiger partial charge in [-0.15, -0.1) is 0 Å². The van der Waals surface area contributed by atoms with Crippen LogP contribution in [0.15, 0.2) is 36.4 Å². The first kappa shape index (κ1) is 9.23. The molecule has 0 saturated carbocycles. The SMILES string of the molecule is N#Cc1ccc2cccc(CBr)c2c1. The predicted molar refractivity (Wildman–Crippen MR) is 61.3 cm³/mol. The molecule has 2 rings (SSSR count). The van der Waals surface area contributed by atoms with E-state index in [9.17, 15) is 0 Å². The average Bonchev–Trinajstić information content (AvgIpc) is 2.27. The molecule has 0 aromatic heterocycles. The Labute approximate surface area is 91.1 Å². The molecule has 0 atom stereocenters. The molecule has 68 valence electrons. The van der Waals surface area contributed by atoms with Crippen molar-refractivity contribution < 1.29 is 0 Å².